The molecule has 0 radical (unpaired) electrons. The van der Waals surface area contributed by atoms with Crippen LogP contribution in [0.15, 0.2) is 127 Å². The standard InChI is InChI=1S/C16H13Cl.C13H19O3P.C7H7ClO/c17-16-12-10-15(11-13-16)9-5-4-8-14-6-2-1-3-7-14;1-3-15-17(14,16-4-2)12-8-11-13-9-6-5-7-10-13;1-9-7-4-2-6(8)3-5-7/h1-13H;5-11H,3-4,12H2,1-2H3;2-5H,1H3/b8-4+,9-5+;11-8+;. The monoisotopic (exact) mass is 636 g/mol. The fourth-order valence-electron chi connectivity index (χ4n) is 3.46. The largest absolute Gasteiger partial charge is 0.497 e. The van der Waals surface area contributed by atoms with Gasteiger partial charge < -0.3 is 13.8 Å². The Kier molecular flexibility index (Phi) is 17.8. The predicted octanol–water partition coefficient (Wildman–Crippen LogP) is 11.4. The van der Waals surface area contributed by atoms with E-state index in [2.05, 4.69) is 24.3 Å². The second-order valence-corrected chi connectivity index (χ2v) is 11.8. The zero-order chi connectivity index (χ0) is 31.2. The van der Waals surface area contributed by atoms with Crippen molar-refractivity contribution in [1.29, 1.82) is 0 Å². The van der Waals surface area contributed by atoms with Gasteiger partial charge in [0.1, 0.15) is 5.75 Å². The van der Waals surface area contributed by atoms with E-state index in [1.54, 1.807) is 19.2 Å². The molecule has 0 fully saturated rings. The van der Waals surface area contributed by atoms with Gasteiger partial charge in [-0.15, -0.1) is 0 Å². The van der Waals surface area contributed by atoms with Gasteiger partial charge in [0, 0.05) is 10.0 Å². The molecule has 0 heterocycles. The van der Waals surface area contributed by atoms with Crippen LogP contribution in [-0.2, 0) is 13.6 Å². The van der Waals surface area contributed by atoms with Crippen molar-refractivity contribution in [3.05, 3.63) is 154 Å². The molecule has 0 atom stereocenters. The third-order valence-corrected chi connectivity index (χ3v) is 7.96. The Morgan fingerprint density at radius 3 is 1.47 bits per heavy atom. The zero-order valence-corrected chi connectivity index (χ0v) is 27.2. The molecule has 4 aromatic rings. The van der Waals surface area contributed by atoms with Crippen molar-refractivity contribution in [1.82, 2.24) is 0 Å². The number of rotatable bonds is 11. The first-order valence-electron chi connectivity index (χ1n) is 13.9. The first-order valence-corrected chi connectivity index (χ1v) is 16.4. The van der Waals surface area contributed by atoms with Crippen molar-refractivity contribution < 1.29 is 18.3 Å². The average Bonchev–Trinajstić information content (AvgIpc) is 3.02. The number of hydrogen-bond acceptors (Lipinski definition) is 4. The Bertz CT molecular complexity index is 1410. The van der Waals surface area contributed by atoms with Crippen molar-refractivity contribution in [2.75, 3.05) is 26.5 Å². The van der Waals surface area contributed by atoms with Crippen LogP contribution in [0.25, 0.3) is 18.2 Å². The normalized spacial score (nSPS) is 11.2. The predicted molar refractivity (Wildman–Crippen MR) is 185 cm³/mol. The fourth-order valence-corrected chi connectivity index (χ4v) is 5.15. The third-order valence-electron chi connectivity index (χ3n) is 5.50. The number of benzene rings is 4. The molecule has 0 aromatic heterocycles. The molecule has 0 saturated carbocycles. The minimum Gasteiger partial charge on any atom is -0.497 e. The first kappa shape index (κ1) is 35.8. The lowest BCUT2D eigenvalue weighted by Gasteiger charge is -2.14. The smallest absolute Gasteiger partial charge is 0.334 e. The quantitative estimate of drug-likeness (QED) is 0.121. The molecule has 0 spiro atoms. The highest BCUT2D eigenvalue weighted by molar-refractivity contribution is 7.54. The van der Waals surface area contributed by atoms with Gasteiger partial charge in [-0.3, -0.25) is 4.57 Å². The molecule has 4 rings (SSSR count). The number of hydrogen-bond donors (Lipinski definition) is 0. The van der Waals surface area contributed by atoms with Crippen LogP contribution in [0.2, 0.25) is 10.0 Å². The van der Waals surface area contributed by atoms with Crippen molar-refractivity contribution in [2.45, 2.75) is 13.8 Å². The lowest BCUT2D eigenvalue weighted by molar-refractivity contribution is 0.222. The highest BCUT2D eigenvalue weighted by atomic mass is 35.5. The third kappa shape index (κ3) is 16.2. The van der Waals surface area contributed by atoms with E-state index in [4.69, 9.17) is 37.0 Å². The van der Waals surface area contributed by atoms with Crippen LogP contribution < -0.4 is 4.74 Å². The van der Waals surface area contributed by atoms with Gasteiger partial charge in [0.15, 0.2) is 0 Å². The van der Waals surface area contributed by atoms with Crippen LogP contribution in [0.5, 0.6) is 5.75 Å². The molecule has 7 heteroatoms. The lowest BCUT2D eigenvalue weighted by atomic mass is 10.2. The molecular weight excluding hydrogens is 598 g/mol. The number of allylic oxidation sites excluding steroid dienone is 3. The molecule has 0 aliphatic heterocycles. The molecule has 0 aliphatic carbocycles. The summed E-state index contributed by atoms with van der Waals surface area (Å²) in [6, 6.07) is 35.1. The molecule has 0 unspecified atom stereocenters. The fraction of sp³-hybridized carbons (Fsp3) is 0.167. The van der Waals surface area contributed by atoms with Crippen LogP contribution in [0, 0.1) is 0 Å². The summed E-state index contributed by atoms with van der Waals surface area (Å²) in [6.45, 7) is 4.42. The van der Waals surface area contributed by atoms with Crippen LogP contribution in [0.4, 0.5) is 0 Å². The molecule has 0 aliphatic rings. The van der Waals surface area contributed by atoms with E-state index >= 15 is 0 Å². The van der Waals surface area contributed by atoms with Crippen molar-refractivity contribution >= 4 is 49.0 Å². The maximum Gasteiger partial charge on any atom is 0.334 e. The minimum atomic E-state index is -2.94. The van der Waals surface area contributed by atoms with Gasteiger partial charge in [-0.1, -0.05) is 132 Å². The average molecular weight is 638 g/mol. The molecule has 0 bridgehead atoms. The lowest BCUT2D eigenvalue weighted by Crippen LogP contribution is -1.98. The summed E-state index contributed by atoms with van der Waals surface area (Å²) in [7, 11) is -1.31. The Morgan fingerprint density at radius 1 is 0.605 bits per heavy atom. The van der Waals surface area contributed by atoms with E-state index in [-0.39, 0.29) is 0 Å². The number of methoxy groups -OCH3 is 1. The molecular formula is C36H39Cl2O4P. The van der Waals surface area contributed by atoms with Gasteiger partial charge in [0.05, 0.1) is 26.5 Å². The van der Waals surface area contributed by atoms with Crippen molar-refractivity contribution in [2.24, 2.45) is 0 Å². The summed E-state index contributed by atoms with van der Waals surface area (Å²) in [5.74, 6) is 0.833. The zero-order valence-electron chi connectivity index (χ0n) is 24.8. The van der Waals surface area contributed by atoms with Gasteiger partial charge in [-0.05, 0) is 66.9 Å². The Hall–Kier alpha value is -3.37. The maximum atomic E-state index is 12.1. The van der Waals surface area contributed by atoms with Crippen LogP contribution >= 0.6 is 30.8 Å². The molecule has 0 saturated heterocycles. The Balaban J connectivity index is 0.000000236. The minimum absolute atomic E-state index is 0.309. The summed E-state index contributed by atoms with van der Waals surface area (Å²) >= 11 is 11.4. The molecule has 0 amide bonds. The molecule has 43 heavy (non-hydrogen) atoms. The van der Waals surface area contributed by atoms with Gasteiger partial charge in [0.25, 0.3) is 0 Å². The second kappa shape index (κ2) is 21.3. The summed E-state index contributed by atoms with van der Waals surface area (Å²) in [5, 5.41) is 1.50. The van der Waals surface area contributed by atoms with Gasteiger partial charge in [-0.25, -0.2) is 0 Å². The first-order chi connectivity index (χ1) is 20.9. The molecule has 0 N–H and O–H groups in total. The van der Waals surface area contributed by atoms with Gasteiger partial charge in [-0.2, -0.15) is 0 Å². The SMILES string of the molecule is CCOP(=O)(C/C=C/c1ccccc1)OCC.COc1ccc(Cl)cc1.Clc1ccc(/C=C/C=C/c2ccccc2)cc1. The summed E-state index contributed by atoms with van der Waals surface area (Å²) in [5.41, 5.74) is 3.42. The summed E-state index contributed by atoms with van der Waals surface area (Å²) < 4.78 is 27.4. The van der Waals surface area contributed by atoms with E-state index in [0.29, 0.717) is 19.4 Å². The van der Waals surface area contributed by atoms with Gasteiger partial charge in [0.2, 0.25) is 0 Å². The van der Waals surface area contributed by atoms with Crippen LogP contribution in [0.3, 0.4) is 0 Å². The summed E-state index contributed by atoms with van der Waals surface area (Å²) in [6.07, 6.45) is 12.2. The van der Waals surface area contributed by atoms with Crippen molar-refractivity contribution in [3.8, 4) is 5.75 Å². The second-order valence-electron chi connectivity index (χ2n) is 8.78. The van der Waals surface area contributed by atoms with E-state index in [0.717, 1.165) is 26.9 Å². The number of halogens is 2. The Morgan fingerprint density at radius 2 is 1.02 bits per heavy atom. The maximum absolute atomic E-state index is 12.1. The highest BCUT2D eigenvalue weighted by Crippen LogP contribution is 2.47. The van der Waals surface area contributed by atoms with Crippen LogP contribution in [0.1, 0.15) is 30.5 Å². The van der Waals surface area contributed by atoms with Crippen LogP contribution in [-0.4, -0.2) is 26.5 Å². The Labute approximate surface area is 266 Å². The van der Waals surface area contributed by atoms with E-state index < -0.39 is 7.60 Å². The number of ether oxygens (including phenoxy) is 1. The van der Waals surface area contributed by atoms with E-state index in [1.807, 2.05) is 123 Å². The van der Waals surface area contributed by atoms with Gasteiger partial charge >= 0.3 is 7.60 Å². The molecule has 4 aromatic carbocycles. The molecule has 226 valence electrons. The topological polar surface area (TPSA) is 44.8 Å². The summed E-state index contributed by atoms with van der Waals surface area (Å²) in [4.78, 5) is 0. The molecule has 4 nitrogen and oxygen atoms in total. The van der Waals surface area contributed by atoms with E-state index in [1.165, 1.54) is 5.56 Å². The van der Waals surface area contributed by atoms with E-state index in [9.17, 15) is 4.57 Å². The highest BCUT2D eigenvalue weighted by Gasteiger charge is 2.20. The van der Waals surface area contributed by atoms with Crippen molar-refractivity contribution in [3.63, 3.8) is 0 Å².